The van der Waals surface area contributed by atoms with Gasteiger partial charge in [0.05, 0.1) is 24.6 Å². The molecule has 1 aliphatic carbocycles. The number of amides is 1. The molecule has 3 heterocycles. The molecule has 1 saturated heterocycles. The number of nitrogens with zero attached hydrogens (tertiary/aromatic N) is 5. The number of para-hydroxylation sites is 1. The molecule has 0 bridgehead atoms. The number of anilines is 2. The van der Waals surface area contributed by atoms with Gasteiger partial charge in [-0.25, -0.2) is 23.8 Å². The number of carbonyl (C=O) groups is 1. The summed E-state index contributed by atoms with van der Waals surface area (Å²) in [6.07, 6.45) is 8.29. The highest BCUT2D eigenvalue weighted by atomic mass is 19.1. The van der Waals surface area contributed by atoms with Crippen LogP contribution in [0.25, 0.3) is 5.69 Å². The van der Waals surface area contributed by atoms with Crippen molar-refractivity contribution in [1.82, 2.24) is 19.7 Å². The molecule has 1 spiro atoms. The molecule has 166 valence electrons. The van der Waals surface area contributed by atoms with E-state index in [1.54, 1.807) is 41.7 Å². The lowest BCUT2D eigenvalue weighted by atomic mass is 9.78. The number of nitrogens with one attached hydrogen (secondary N) is 1. The lowest BCUT2D eigenvalue weighted by Crippen LogP contribution is -2.39. The molecule has 1 aliphatic heterocycles. The van der Waals surface area contributed by atoms with Crippen LogP contribution in [0.3, 0.4) is 0 Å². The van der Waals surface area contributed by atoms with E-state index in [9.17, 15) is 9.18 Å². The lowest BCUT2D eigenvalue weighted by molar-refractivity contribution is 0.0148. The molecule has 1 N–H and O–H groups in total. The Balaban J connectivity index is 1.15. The standard InChI is InChI=1S/C23H25FN6O2/c1-16-25-13-18(14-26-16)29-15-23(32-22(29)31)9-6-17(7-10-23)12-27-21-8-11-30(28-21)20-5-3-2-4-19(20)24/h2-5,8,11,13-14,17H,6-7,9-10,12,15H2,1H3,(H,27,28)/t17-,23-. The van der Waals surface area contributed by atoms with E-state index >= 15 is 0 Å². The van der Waals surface area contributed by atoms with Crippen molar-refractivity contribution in [2.75, 3.05) is 23.3 Å². The summed E-state index contributed by atoms with van der Waals surface area (Å²) in [6, 6.07) is 8.41. The molecule has 5 rings (SSSR count). The molecule has 2 aliphatic rings. The quantitative estimate of drug-likeness (QED) is 0.648. The topological polar surface area (TPSA) is 85.2 Å². The summed E-state index contributed by atoms with van der Waals surface area (Å²) < 4.78 is 21.3. The molecule has 1 amide bonds. The Bertz CT molecular complexity index is 1110. The van der Waals surface area contributed by atoms with Crippen LogP contribution in [0.1, 0.15) is 31.5 Å². The zero-order valence-corrected chi connectivity index (χ0v) is 17.9. The predicted molar refractivity (Wildman–Crippen MR) is 117 cm³/mol. The predicted octanol–water partition coefficient (Wildman–Crippen LogP) is 4.11. The number of aryl methyl sites for hydroxylation is 1. The second-order valence-electron chi connectivity index (χ2n) is 8.55. The summed E-state index contributed by atoms with van der Waals surface area (Å²) in [4.78, 5) is 22.5. The summed E-state index contributed by atoms with van der Waals surface area (Å²) in [7, 11) is 0. The third-order valence-electron chi connectivity index (χ3n) is 6.33. The number of hydrogen-bond acceptors (Lipinski definition) is 6. The van der Waals surface area contributed by atoms with Crippen LogP contribution in [0.2, 0.25) is 0 Å². The Morgan fingerprint density at radius 3 is 2.69 bits per heavy atom. The average molecular weight is 436 g/mol. The van der Waals surface area contributed by atoms with Gasteiger partial charge in [-0.05, 0) is 50.7 Å². The van der Waals surface area contributed by atoms with Crippen molar-refractivity contribution in [3.05, 3.63) is 60.6 Å². The zero-order valence-electron chi connectivity index (χ0n) is 17.9. The van der Waals surface area contributed by atoms with Crippen LogP contribution in [0.4, 0.5) is 20.7 Å². The van der Waals surface area contributed by atoms with E-state index in [0.717, 1.165) is 32.2 Å². The van der Waals surface area contributed by atoms with Gasteiger partial charge in [0.15, 0.2) is 0 Å². The number of ether oxygens (including phenoxy) is 1. The molecule has 1 saturated carbocycles. The molecule has 3 aromatic rings. The van der Waals surface area contributed by atoms with Crippen molar-refractivity contribution in [2.45, 2.75) is 38.2 Å². The second-order valence-corrected chi connectivity index (χ2v) is 8.55. The van der Waals surface area contributed by atoms with Gasteiger partial charge in [-0.15, -0.1) is 0 Å². The summed E-state index contributed by atoms with van der Waals surface area (Å²) in [5.74, 6) is 1.53. The van der Waals surface area contributed by atoms with Crippen LogP contribution in [-0.2, 0) is 4.74 Å². The molecule has 0 atom stereocenters. The highest BCUT2D eigenvalue weighted by Gasteiger charge is 2.47. The summed E-state index contributed by atoms with van der Waals surface area (Å²) in [5, 5.41) is 7.80. The fourth-order valence-electron chi connectivity index (χ4n) is 4.45. The van der Waals surface area contributed by atoms with Gasteiger partial charge in [0.1, 0.15) is 28.7 Å². The first-order valence-electron chi connectivity index (χ1n) is 10.8. The Morgan fingerprint density at radius 2 is 1.94 bits per heavy atom. The second kappa shape index (κ2) is 8.22. The van der Waals surface area contributed by atoms with Crippen molar-refractivity contribution in [2.24, 2.45) is 5.92 Å². The molecule has 0 unspecified atom stereocenters. The number of rotatable bonds is 5. The van der Waals surface area contributed by atoms with E-state index in [1.165, 1.54) is 10.7 Å². The molecule has 0 radical (unpaired) electrons. The molecule has 2 fully saturated rings. The van der Waals surface area contributed by atoms with E-state index in [0.29, 0.717) is 35.5 Å². The van der Waals surface area contributed by atoms with Crippen LogP contribution < -0.4 is 10.2 Å². The number of benzene rings is 1. The Hall–Kier alpha value is -3.49. The van der Waals surface area contributed by atoms with Crippen molar-refractivity contribution in [3.63, 3.8) is 0 Å². The van der Waals surface area contributed by atoms with Crippen molar-refractivity contribution in [1.29, 1.82) is 0 Å². The van der Waals surface area contributed by atoms with E-state index in [-0.39, 0.29) is 11.9 Å². The lowest BCUT2D eigenvalue weighted by Gasteiger charge is -2.35. The molecule has 9 heteroatoms. The van der Waals surface area contributed by atoms with Gasteiger partial charge in [0, 0.05) is 18.8 Å². The van der Waals surface area contributed by atoms with Crippen LogP contribution >= 0.6 is 0 Å². The smallest absolute Gasteiger partial charge is 0.415 e. The fraction of sp³-hybridized carbons (Fsp3) is 0.391. The van der Waals surface area contributed by atoms with Crippen LogP contribution in [0.5, 0.6) is 0 Å². The van der Waals surface area contributed by atoms with Gasteiger partial charge < -0.3 is 10.1 Å². The van der Waals surface area contributed by atoms with Crippen molar-refractivity contribution in [3.8, 4) is 5.69 Å². The molecular formula is C23H25FN6O2. The maximum absolute atomic E-state index is 14.0. The summed E-state index contributed by atoms with van der Waals surface area (Å²) >= 11 is 0. The molecule has 32 heavy (non-hydrogen) atoms. The molecule has 1 aromatic carbocycles. The monoisotopic (exact) mass is 436 g/mol. The third kappa shape index (κ3) is 4.02. The van der Waals surface area contributed by atoms with E-state index < -0.39 is 5.60 Å². The SMILES string of the molecule is Cc1ncc(N2C[C@]3(CC[C@@H](CNc4ccn(-c5ccccc5F)n4)CC3)OC2=O)cn1. The maximum Gasteiger partial charge on any atom is 0.415 e. The number of carbonyl (C=O) groups excluding carboxylic acids is 1. The number of aromatic nitrogens is 4. The van der Waals surface area contributed by atoms with Gasteiger partial charge >= 0.3 is 6.09 Å². The van der Waals surface area contributed by atoms with Crippen LogP contribution in [0.15, 0.2) is 48.9 Å². The van der Waals surface area contributed by atoms with Crippen molar-refractivity contribution < 1.29 is 13.9 Å². The number of hydrogen-bond donors (Lipinski definition) is 1. The van der Waals surface area contributed by atoms with Crippen LogP contribution in [-0.4, -0.2) is 44.5 Å². The average Bonchev–Trinajstić information content (AvgIpc) is 3.39. The fourth-order valence-corrected chi connectivity index (χ4v) is 4.45. The third-order valence-corrected chi connectivity index (χ3v) is 6.33. The van der Waals surface area contributed by atoms with E-state index in [2.05, 4.69) is 20.4 Å². The minimum Gasteiger partial charge on any atom is -0.441 e. The zero-order chi connectivity index (χ0) is 22.1. The van der Waals surface area contributed by atoms with Crippen LogP contribution in [0, 0.1) is 18.7 Å². The molecule has 8 nitrogen and oxygen atoms in total. The first-order valence-corrected chi connectivity index (χ1v) is 10.8. The Morgan fingerprint density at radius 1 is 1.19 bits per heavy atom. The normalized spacial score (nSPS) is 22.9. The van der Waals surface area contributed by atoms with Gasteiger partial charge in [0.2, 0.25) is 0 Å². The summed E-state index contributed by atoms with van der Waals surface area (Å²) in [5.41, 5.74) is 0.656. The van der Waals surface area contributed by atoms with Crippen molar-refractivity contribution >= 4 is 17.6 Å². The van der Waals surface area contributed by atoms with E-state index in [4.69, 9.17) is 4.74 Å². The summed E-state index contributed by atoms with van der Waals surface area (Å²) in [6.45, 7) is 3.12. The largest absolute Gasteiger partial charge is 0.441 e. The minimum absolute atomic E-state index is 0.308. The first kappa shape index (κ1) is 20.4. The van der Waals surface area contributed by atoms with Gasteiger partial charge in [-0.2, -0.15) is 5.10 Å². The molecular weight excluding hydrogens is 411 g/mol. The Kier molecular flexibility index (Phi) is 5.24. The maximum atomic E-state index is 14.0. The number of halogens is 1. The Labute approximate surface area is 185 Å². The van der Waals surface area contributed by atoms with Gasteiger partial charge in [-0.3, -0.25) is 4.90 Å². The first-order chi connectivity index (χ1) is 15.5. The molecule has 2 aromatic heterocycles. The van der Waals surface area contributed by atoms with E-state index in [1.807, 2.05) is 13.0 Å². The van der Waals surface area contributed by atoms with Gasteiger partial charge in [-0.1, -0.05) is 12.1 Å². The minimum atomic E-state index is -0.440. The highest BCUT2D eigenvalue weighted by molar-refractivity contribution is 5.89. The van der Waals surface area contributed by atoms with Gasteiger partial charge in [0.25, 0.3) is 0 Å². The highest BCUT2D eigenvalue weighted by Crippen LogP contribution is 2.40.